The van der Waals surface area contributed by atoms with Crippen LogP contribution in [-0.2, 0) is 0 Å². The maximum absolute atomic E-state index is 2.31. The molecule has 2 aromatic heterocycles. The summed E-state index contributed by atoms with van der Waals surface area (Å²) in [7, 11) is 0. The van der Waals surface area contributed by atoms with E-state index in [4.69, 9.17) is 0 Å². The summed E-state index contributed by atoms with van der Waals surface area (Å²) in [5.74, 6) is 0. The molecule has 0 saturated heterocycles. The van der Waals surface area contributed by atoms with Gasteiger partial charge < -0.3 is 0 Å². The summed E-state index contributed by atoms with van der Waals surface area (Å²) < 4.78 is 0. The van der Waals surface area contributed by atoms with Crippen molar-refractivity contribution in [2.24, 2.45) is 0 Å². The van der Waals surface area contributed by atoms with Crippen LogP contribution in [0.3, 0.4) is 0 Å². The van der Waals surface area contributed by atoms with Crippen LogP contribution in [-0.4, -0.2) is 0 Å². The SMILES string of the molecule is Cc1ccc(-c2ccc(-c3ccc4cc(-c5ccc6ccccc6c5)ccc4c3)s2)s1. The fraction of sp³-hybridized carbons (Fsp3) is 0.0345. The van der Waals surface area contributed by atoms with E-state index < -0.39 is 0 Å². The highest BCUT2D eigenvalue weighted by molar-refractivity contribution is 7.23. The first kappa shape index (κ1) is 18.6. The first-order valence-corrected chi connectivity index (χ1v) is 12.1. The minimum absolute atomic E-state index is 1.26. The van der Waals surface area contributed by atoms with Gasteiger partial charge in [0.05, 0.1) is 0 Å². The van der Waals surface area contributed by atoms with Gasteiger partial charge in [-0.2, -0.15) is 0 Å². The molecule has 0 N–H and O–H groups in total. The fourth-order valence-corrected chi connectivity index (χ4v) is 6.10. The molecule has 4 aromatic carbocycles. The molecule has 0 bridgehead atoms. The van der Waals surface area contributed by atoms with Crippen LogP contribution in [0.1, 0.15) is 4.88 Å². The highest BCUT2D eigenvalue weighted by Gasteiger charge is 2.08. The summed E-state index contributed by atoms with van der Waals surface area (Å²) in [5.41, 5.74) is 3.81. The molecule has 0 aliphatic rings. The Morgan fingerprint density at radius 1 is 0.419 bits per heavy atom. The molecular weight excluding hydrogens is 412 g/mol. The topological polar surface area (TPSA) is 0 Å². The molecule has 0 radical (unpaired) electrons. The van der Waals surface area contributed by atoms with Crippen LogP contribution < -0.4 is 0 Å². The van der Waals surface area contributed by atoms with Crippen molar-refractivity contribution in [3.05, 3.63) is 108 Å². The molecule has 0 aliphatic carbocycles. The Kier molecular flexibility index (Phi) is 4.48. The van der Waals surface area contributed by atoms with Gasteiger partial charge in [0.1, 0.15) is 0 Å². The van der Waals surface area contributed by atoms with Gasteiger partial charge >= 0.3 is 0 Å². The van der Waals surface area contributed by atoms with Crippen molar-refractivity contribution in [2.75, 3.05) is 0 Å². The predicted molar refractivity (Wildman–Crippen MR) is 138 cm³/mol. The summed E-state index contributed by atoms with van der Waals surface area (Å²) in [6.45, 7) is 2.16. The molecule has 2 heteroatoms. The summed E-state index contributed by atoms with van der Waals surface area (Å²) in [6.07, 6.45) is 0. The van der Waals surface area contributed by atoms with Crippen LogP contribution in [0.2, 0.25) is 0 Å². The Labute approximate surface area is 190 Å². The van der Waals surface area contributed by atoms with Crippen molar-refractivity contribution in [1.29, 1.82) is 0 Å². The molecule has 0 nitrogen and oxygen atoms in total. The monoisotopic (exact) mass is 432 g/mol. The van der Waals surface area contributed by atoms with Crippen molar-refractivity contribution in [2.45, 2.75) is 6.92 Å². The second kappa shape index (κ2) is 7.49. The normalized spacial score (nSPS) is 11.4. The van der Waals surface area contributed by atoms with E-state index >= 15 is 0 Å². The molecule has 0 saturated carbocycles. The van der Waals surface area contributed by atoms with Gasteiger partial charge in [-0.3, -0.25) is 0 Å². The zero-order chi connectivity index (χ0) is 20.8. The van der Waals surface area contributed by atoms with E-state index in [-0.39, 0.29) is 0 Å². The van der Waals surface area contributed by atoms with Crippen LogP contribution >= 0.6 is 22.7 Å². The smallest absolute Gasteiger partial charge is 0.0449 e. The van der Waals surface area contributed by atoms with Gasteiger partial charge in [-0.15, -0.1) is 22.7 Å². The van der Waals surface area contributed by atoms with Crippen LogP contribution in [0.5, 0.6) is 0 Å². The number of hydrogen-bond acceptors (Lipinski definition) is 2. The first-order chi connectivity index (χ1) is 15.2. The maximum Gasteiger partial charge on any atom is 0.0449 e. The van der Waals surface area contributed by atoms with Gasteiger partial charge in [-0.05, 0) is 87.6 Å². The van der Waals surface area contributed by atoms with Gasteiger partial charge in [0.25, 0.3) is 0 Å². The fourth-order valence-electron chi connectivity index (χ4n) is 4.14. The Morgan fingerprint density at radius 3 is 1.65 bits per heavy atom. The Hall–Kier alpha value is -3.20. The molecule has 0 aliphatic heterocycles. The van der Waals surface area contributed by atoms with Crippen molar-refractivity contribution in [3.8, 4) is 31.3 Å². The number of aryl methyl sites for hydroxylation is 1. The number of fused-ring (bicyclic) bond motifs is 2. The van der Waals surface area contributed by atoms with Crippen molar-refractivity contribution in [1.82, 2.24) is 0 Å². The van der Waals surface area contributed by atoms with Crippen LogP contribution in [0.25, 0.3) is 52.9 Å². The van der Waals surface area contributed by atoms with Crippen molar-refractivity contribution < 1.29 is 0 Å². The minimum atomic E-state index is 1.26. The molecule has 148 valence electrons. The van der Waals surface area contributed by atoms with Gasteiger partial charge in [0, 0.05) is 19.5 Å². The van der Waals surface area contributed by atoms with E-state index in [9.17, 15) is 0 Å². The second-order valence-electron chi connectivity index (χ2n) is 7.91. The standard InChI is InChI=1S/C29H20S2/c1-19-6-13-28(30-19)29-15-14-27(31-29)26-12-11-24-17-23(9-10-25(24)18-26)22-8-7-20-4-2-3-5-21(20)16-22/h2-18H,1H3. The average molecular weight is 433 g/mol. The lowest BCUT2D eigenvalue weighted by molar-refractivity contribution is 1.64. The molecule has 31 heavy (non-hydrogen) atoms. The zero-order valence-electron chi connectivity index (χ0n) is 17.1. The largest absolute Gasteiger partial charge is 0.140 e. The van der Waals surface area contributed by atoms with E-state index in [1.807, 2.05) is 22.7 Å². The van der Waals surface area contributed by atoms with E-state index in [1.165, 1.54) is 57.7 Å². The molecular formula is C29H20S2. The summed E-state index contributed by atoms with van der Waals surface area (Å²) in [5, 5.41) is 5.12. The lowest BCUT2D eigenvalue weighted by Gasteiger charge is -2.07. The average Bonchev–Trinajstić information content (AvgIpc) is 3.47. The van der Waals surface area contributed by atoms with Crippen LogP contribution in [0, 0.1) is 6.92 Å². The van der Waals surface area contributed by atoms with E-state index in [2.05, 4.69) is 110 Å². The molecule has 6 rings (SSSR count). The lowest BCUT2D eigenvalue weighted by atomic mass is 9.98. The molecule has 0 fully saturated rings. The van der Waals surface area contributed by atoms with Crippen molar-refractivity contribution >= 4 is 44.2 Å². The Bertz CT molecular complexity index is 1550. The number of hydrogen-bond donors (Lipinski definition) is 0. The summed E-state index contributed by atoms with van der Waals surface area (Å²) >= 11 is 3.73. The highest BCUT2D eigenvalue weighted by Crippen LogP contribution is 2.38. The van der Waals surface area contributed by atoms with E-state index in [0.29, 0.717) is 0 Å². The van der Waals surface area contributed by atoms with E-state index in [0.717, 1.165) is 0 Å². The third-order valence-corrected chi connectivity index (χ3v) is 8.13. The highest BCUT2D eigenvalue weighted by atomic mass is 32.1. The second-order valence-corrected chi connectivity index (χ2v) is 10.3. The zero-order valence-corrected chi connectivity index (χ0v) is 18.8. The van der Waals surface area contributed by atoms with Gasteiger partial charge in [0.15, 0.2) is 0 Å². The third-order valence-electron chi connectivity index (χ3n) is 5.80. The molecule has 0 unspecified atom stereocenters. The molecule has 0 spiro atoms. The van der Waals surface area contributed by atoms with Crippen molar-refractivity contribution in [3.63, 3.8) is 0 Å². The Balaban J connectivity index is 1.35. The number of benzene rings is 4. The number of thiophene rings is 2. The molecule has 6 aromatic rings. The van der Waals surface area contributed by atoms with Gasteiger partial charge in [-0.25, -0.2) is 0 Å². The van der Waals surface area contributed by atoms with Crippen LogP contribution in [0.15, 0.2) is 103 Å². The predicted octanol–water partition coefficient (Wildman–Crippen LogP) is 9.43. The molecule has 0 atom stereocenters. The quantitative estimate of drug-likeness (QED) is 0.261. The van der Waals surface area contributed by atoms with Gasteiger partial charge in [0.2, 0.25) is 0 Å². The molecule has 2 heterocycles. The number of rotatable bonds is 3. The summed E-state index contributed by atoms with van der Waals surface area (Å²) in [6, 6.07) is 37.8. The van der Waals surface area contributed by atoms with Crippen LogP contribution in [0.4, 0.5) is 0 Å². The first-order valence-electron chi connectivity index (χ1n) is 10.4. The van der Waals surface area contributed by atoms with Gasteiger partial charge in [-0.1, -0.05) is 60.7 Å². The molecule has 0 amide bonds. The maximum atomic E-state index is 2.31. The lowest BCUT2D eigenvalue weighted by Crippen LogP contribution is -1.81. The van der Waals surface area contributed by atoms with E-state index in [1.54, 1.807) is 0 Å². The summed E-state index contributed by atoms with van der Waals surface area (Å²) in [4.78, 5) is 5.38. The Morgan fingerprint density at radius 2 is 0.935 bits per heavy atom. The minimum Gasteiger partial charge on any atom is -0.140 e. The third kappa shape index (κ3) is 3.48.